The summed E-state index contributed by atoms with van der Waals surface area (Å²) in [7, 11) is 1.33. The van der Waals surface area contributed by atoms with Gasteiger partial charge in [0.15, 0.2) is 5.75 Å². The van der Waals surface area contributed by atoms with E-state index >= 15 is 0 Å². The zero-order valence-electron chi connectivity index (χ0n) is 20.0. The number of rotatable bonds is 4. The minimum Gasteiger partial charge on any atom is -0.437 e. The van der Waals surface area contributed by atoms with E-state index in [0.29, 0.717) is 5.75 Å². The van der Waals surface area contributed by atoms with Crippen molar-refractivity contribution in [3.8, 4) is 33.7 Å². The van der Waals surface area contributed by atoms with Crippen LogP contribution < -0.4 is 4.74 Å². The lowest BCUT2D eigenvalue weighted by molar-refractivity contribution is 0.120. The molecule has 1 aliphatic carbocycles. The standard InChI is InChI=1S/C30H24N2O3S/c1-34-30(33)35-29-27(36-2)17-24(22-14-8-10-19-9-6-7-13-21(19)22)23-15-16-26-25(28(23)29)18-32(31-26)20-11-4-3-5-12-20/h3-14,17-18H,15-16H2,1-2H3. The molecule has 0 bridgehead atoms. The summed E-state index contributed by atoms with van der Waals surface area (Å²) in [4.78, 5) is 13.2. The Labute approximate surface area is 213 Å². The number of carbonyl (C=O) groups is 1. The van der Waals surface area contributed by atoms with Crippen LogP contribution in [0.4, 0.5) is 4.79 Å². The third kappa shape index (κ3) is 3.74. The van der Waals surface area contributed by atoms with Crippen molar-refractivity contribution in [2.75, 3.05) is 13.4 Å². The number of thioether (sulfide) groups is 1. The zero-order chi connectivity index (χ0) is 24.6. The highest BCUT2D eigenvalue weighted by molar-refractivity contribution is 7.98. The Kier molecular flexibility index (Phi) is 5.74. The van der Waals surface area contributed by atoms with Gasteiger partial charge in [-0.15, -0.1) is 11.8 Å². The van der Waals surface area contributed by atoms with Gasteiger partial charge in [-0.25, -0.2) is 9.48 Å². The van der Waals surface area contributed by atoms with Gasteiger partial charge in [0.1, 0.15) is 0 Å². The minimum absolute atomic E-state index is 0.530. The van der Waals surface area contributed by atoms with E-state index in [1.165, 1.54) is 23.4 Å². The highest BCUT2D eigenvalue weighted by Crippen LogP contribution is 2.49. The predicted octanol–water partition coefficient (Wildman–Crippen LogP) is 7.33. The van der Waals surface area contributed by atoms with Crippen LogP contribution in [0.3, 0.4) is 0 Å². The largest absolute Gasteiger partial charge is 0.513 e. The number of para-hydroxylation sites is 1. The molecule has 5 nitrogen and oxygen atoms in total. The molecule has 0 fully saturated rings. The maximum Gasteiger partial charge on any atom is 0.513 e. The first-order chi connectivity index (χ1) is 17.7. The lowest BCUT2D eigenvalue weighted by atomic mass is 9.83. The average Bonchev–Trinajstić information content (AvgIpc) is 3.38. The van der Waals surface area contributed by atoms with Gasteiger partial charge in [0.25, 0.3) is 0 Å². The fraction of sp³-hybridized carbons (Fsp3) is 0.133. The van der Waals surface area contributed by atoms with Gasteiger partial charge in [-0.05, 0) is 64.8 Å². The number of ether oxygens (including phenoxy) is 2. The molecule has 5 aromatic rings. The van der Waals surface area contributed by atoms with Gasteiger partial charge in [-0.1, -0.05) is 60.7 Å². The van der Waals surface area contributed by atoms with Crippen LogP contribution in [0.2, 0.25) is 0 Å². The number of benzene rings is 4. The number of aryl methyl sites for hydroxylation is 1. The molecular formula is C30H24N2O3S. The quantitative estimate of drug-likeness (QED) is 0.149. The fourth-order valence-corrected chi connectivity index (χ4v) is 5.63. The number of hydrogen-bond acceptors (Lipinski definition) is 5. The SMILES string of the molecule is COC(=O)Oc1c(SC)cc(-c2cccc3ccccc23)c2c1-c1cn(-c3ccccc3)nc1CC2. The Morgan fingerprint density at radius 3 is 2.50 bits per heavy atom. The molecule has 4 aromatic carbocycles. The Morgan fingerprint density at radius 2 is 1.69 bits per heavy atom. The Balaban J connectivity index is 1.64. The van der Waals surface area contributed by atoms with E-state index in [4.69, 9.17) is 14.6 Å². The van der Waals surface area contributed by atoms with Crippen LogP contribution in [0.25, 0.3) is 38.7 Å². The molecule has 0 unspecified atom stereocenters. The molecule has 1 heterocycles. The number of carbonyl (C=O) groups excluding carboxylic acids is 1. The van der Waals surface area contributed by atoms with Crippen molar-refractivity contribution in [3.05, 3.63) is 96.3 Å². The van der Waals surface area contributed by atoms with E-state index in [1.807, 2.05) is 47.5 Å². The molecular weight excluding hydrogens is 468 g/mol. The van der Waals surface area contributed by atoms with Crippen LogP contribution in [-0.2, 0) is 17.6 Å². The second-order valence-electron chi connectivity index (χ2n) is 8.66. The van der Waals surface area contributed by atoms with E-state index < -0.39 is 6.16 Å². The molecule has 6 rings (SSSR count). The zero-order valence-corrected chi connectivity index (χ0v) is 20.8. The summed E-state index contributed by atoms with van der Waals surface area (Å²) in [5.41, 5.74) is 7.35. The third-order valence-electron chi connectivity index (χ3n) is 6.70. The minimum atomic E-state index is -0.729. The van der Waals surface area contributed by atoms with Crippen molar-refractivity contribution in [3.63, 3.8) is 0 Å². The van der Waals surface area contributed by atoms with E-state index in [0.717, 1.165) is 51.4 Å². The first-order valence-corrected chi connectivity index (χ1v) is 13.0. The van der Waals surface area contributed by atoms with Crippen LogP contribution in [0, 0.1) is 0 Å². The smallest absolute Gasteiger partial charge is 0.437 e. The molecule has 0 N–H and O–H groups in total. The number of aromatic nitrogens is 2. The van der Waals surface area contributed by atoms with E-state index in [-0.39, 0.29) is 0 Å². The second-order valence-corrected chi connectivity index (χ2v) is 9.51. The first kappa shape index (κ1) is 22.4. The monoisotopic (exact) mass is 492 g/mol. The summed E-state index contributed by atoms with van der Waals surface area (Å²) in [5, 5.41) is 7.29. The lowest BCUT2D eigenvalue weighted by Gasteiger charge is -2.24. The van der Waals surface area contributed by atoms with Crippen molar-refractivity contribution in [1.82, 2.24) is 9.78 Å². The van der Waals surface area contributed by atoms with Crippen molar-refractivity contribution in [2.45, 2.75) is 17.7 Å². The van der Waals surface area contributed by atoms with Gasteiger partial charge in [0.2, 0.25) is 0 Å². The summed E-state index contributed by atoms with van der Waals surface area (Å²) in [6, 6.07) is 27.1. The molecule has 36 heavy (non-hydrogen) atoms. The number of nitrogens with zero attached hydrogens (tertiary/aromatic N) is 2. The van der Waals surface area contributed by atoms with Crippen LogP contribution >= 0.6 is 11.8 Å². The van der Waals surface area contributed by atoms with Gasteiger partial charge in [-0.3, -0.25) is 0 Å². The number of methoxy groups -OCH3 is 1. The van der Waals surface area contributed by atoms with Crippen LogP contribution in [0.15, 0.2) is 90.0 Å². The summed E-state index contributed by atoms with van der Waals surface area (Å²) >= 11 is 1.55. The second kappa shape index (κ2) is 9.21. The highest BCUT2D eigenvalue weighted by atomic mass is 32.2. The summed E-state index contributed by atoms with van der Waals surface area (Å²) in [5.74, 6) is 0.530. The molecule has 0 saturated heterocycles. The molecule has 0 spiro atoms. The fourth-order valence-electron chi connectivity index (χ4n) is 5.06. The van der Waals surface area contributed by atoms with Gasteiger partial charge in [0, 0.05) is 17.3 Å². The molecule has 178 valence electrons. The molecule has 0 saturated carbocycles. The summed E-state index contributed by atoms with van der Waals surface area (Å²) in [6.07, 6.45) is 4.90. The van der Waals surface area contributed by atoms with E-state index in [2.05, 4.69) is 48.5 Å². The lowest BCUT2D eigenvalue weighted by Crippen LogP contribution is -2.13. The van der Waals surface area contributed by atoms with Crippen molar-refractivity contribution < 1.29 is 14.3 Å². The molecule has 0 amide bonds. The van der Waals surface area contributed by atoms with E-state index in [1.54, 1.807) is 11.8 Å². The number of fused-ring (bicyclic) bond motifs is 4. The normalized spacial score (nSPS) is 12.2. The van der Waals surface area contributed by atoms with Crippen LogP contribution in [0.1, 0.15) is 11.3 Å². The maximum absolute atomic E-state index is 12.3. The van der Waals surface area contributed by atoms with Crippen LogP contribution in [0.5, 0.6) is 5.75 Å². The van der Waals surface area contributed by atoms with Crippen LogP contribution in [-0.4, -0.2) is 29.3 Å². The van der Waals surface area contributed by atoms with Gasteiger partial charge in [-0.2, -0.15) is 5.10 Å². The summed E-state index contributed by atoms with van der Waals surface area (Å²) < 4.78 is 12.6. The Bertz CT molecular complexity index is 1600. The maximum atomic E-state index is 12.3. The molecule has 1 aliphatic rings. The molecule has 6 heteroatoms. The van der Waals surface area contributed by atoms with Crippen molar-refractivity contribution in [2.24, 2.45) is 0 Å². The van der Waals surface area contributed by atoms with Gasteiger partial charge in [0.05, 0.1) is 23.4 Å². The molecule has 0 atom stereocenters. The highest BCUT2D eigenvalue weighted by Gasteiger charge is 2.30. The van der Waals surface area contributed by atoms with E-state index in [9.17, 15) is 4.79 Å². The van der Waals surface area contributed by atoms with Crippen molar-refractivity contribution in [1.29, 1.82) is 0 Å². The molecule has 0 aliphatic heterocycles. The third-order valence-corrected chi connectivity index (χ3v) is 7.44. The first-order valence-electron chi connectivity index (χ1n) is 11.8. The number of hydrogen-bond donors (Lipinski definition) is 0. The average molecular weight is 493 g/mol. The topological polar surface area (TPSA) is 53.4 Å². The Hall–Kier alpha value is -4.03. The molecule has 0 radical (unpaired) electrons. The van der Waals surface area contributed by atoms with Gasteiger partial charge < -0.3 is 9.47 Å². The summed E-state index contributed by atoms with van der Waals surface area (Å²) in [6.45, 7) is 0. The van der Waals surface area contributed by atoms with Gasteiger partial charge >= 0.3 is 6.16 Å². The van der Waals surface area contributed by atoms with Crippen molar-refractivity contribution >= 4 is 28.7 Å². The Morgan fingerprint density at radius 1 is 0.917 bits per heavy atom. The predicted molar refractivity (Wildman–Crippen MR) is 144 cm³/mol. The molecule has 1 aromatic heterocycles.